The van der Waals surface area contributed by atoms with Crippen LogP contribution in [-0.4, -0.2) is 40.2 Å². The number of hydrogen-bond acceptors (Lipinski definition) is 5. The average molecular weight is 332 g/mol. The van der Waals surface area contributed by atoms with Crippen molar-refractivity contribution < 1.29 is 4.74 Å². The first-order valence-corrected chi connectivity index (χ1v) is 9.23. The minimum Gasteiger partial charge on any atom is -0.384 e. The van der Waals surface area contributed by atoms with Crippen molar-refractivity contribution in [3.63, 3.8) is 0 Å². The smallest absolute Gasteiger partial charge is 0.100 e. The molecule has 0 N–H and O–H groups in total. The topological polar surface area (TPSA) is 43.2 Å². The SMILES string of the molecule is COC[C@H]1CN(Cc2ccc(C)s2)Cc2nnn(CC3CC3)c21. The van der Waals surface area contributed by atoms with Crippen LogP contribution in [0.15, 0.2) is 12.1 Å². The molecular formula is C17H24N4OS. The van der Waals surface area contributed by atoms with E-state index in [4.69, 9.17) is 4.74 Å². The number of ether oxygens (including phenoxy) is 1. The quantitative estimate of drug-likeness (QED) is 0.816. The van der Waals surface area contributed by atoms with Crippen molar-refractivity contribution >= 4 is 11.3 Å². The van der Waals surface area contributed by atoms with E-state index in [-0.39, 0.29) is 0 Å². The summed E-state index contributed by atoms with van der Waals surface area (Å²) in [4.78, 5) is 5.28. The molecule has 2 aromatic heterocycles. The molecule has 0 saturated heterocycles. The van der Waals surface area contributed by atoms with Gasteiger partial charge in [0.25, 0.3) is 0 Å². The second kappa shape index (κ2) is 6.34. The lowest BCUT2D eigenvalue weighted by Crippen LogP contribution is -2.36. The summed E-state index contributed by atoms with van der Waals surface area (Å²) in [5, 5.41) is 8.93. The number of aryl methyl sites for hydroxylation is 1. The van der Waals surface area contributed by atoms with Gasteiger partial charge in [0.1, 0.15) is 5.69 Å². The van der Waals surface area contributed by atoms with Crippen LogP contribution in [0.2, 0.25) is 0 Å². The fourth-order valence-corrected chi connectivity index (χ4v) is 4.45. The highest BCUT2D eigenvalue weighted by atomic mass is 32.1. The lowest BCUT2D eigenvalue weighted by atomic mass is 9.98. The molecule has 6 heteroatoms. The Morgan fingerprint density at radius 2 is 2.22 bits per heavy atom. The van der Waals surface area contributed by atoms with Crippen molar-refractivity contribution in [3.05, 3.63) is 33.3 Å². The number of methoxy groups -OCH3 is 1. The summed E-state index contributed by atoms with van der Waals surface area (Å²) in [6, 6.07) is 4.44. The van der Waals surface area contributed by atoms with Gasteiger partial charge in [0.05, 0.1) is 12.3 Å². The molecule has 5 nitrogen and oxygen atoms in total. The Hall–Kier alpha value is -1.24. The second-order valence-corrected chi connectivity index (χ2v) is 8.25. The van der Waals surface area contributed by atoms with Gasteiger partial charge in [-0.3, -0.25) is 4.90 Å². The monoisotopic (exact) mass is 332 g/mol. The van der Waals surface area contributed by atoms with E-state index in [1.54, 1.807) is 7.11 Å². The summed E-state index contributed by atoms with van der Waals surface area (Å²) in [7, 11) is 1.79. The number of thiophene rings is 1. The lowest BCUT2D eigenvalue weighted by Gasteiger charge is -2.31. The highest BCUT2D eigenvalue weighted by Gasteiger charge is 2.33. The van der Waals surface area contributed by atoms with Crippen LogP contribution >= 0.6 is 11.3 Å². The Morgan fingerprint density at radius 1 is 1.35 bits per heavy atom. The van der Waals surface area contributed by atoms with Gasteiger partial charge in [0, 0.05) is 49.0 Å². The Morgan fingerprint density at radius 3 is 2.91 bits per heavy atom. The van der Waals surface area contributed by atoms with E-state index in [2.05, 4.69) is 39.0 Å². The van der Waals surface area contributed by atoms with Gasteiger partial charge in [0.2, 0.25) is 0 Å². The lowest BCUT2D eigenvalue weighted by molar-refractivity contribution is 0.131. The largest absolute Gasteiger partial charge is 0.384 e. The van der Waals surface area contributed by atoms with E-state index in [1.165, 1.54) is 28.3 Å². The minimum absolute atomic E-state index is 0.374. The maximum Gasteiger partial charge on any atom is 0.100 e. The van der Waals surface area contributed by atoms with Crippen LogP contribution in [0, 0.1) is 12.8 Å². The van der Waals surface area contributed by atoms with Crippen molar-refractivity contribution in [2.75, 3.05) is 20.3 Å². The molecule has 3 heterocycles. The summed E-state index contributed by atoms with van der Waals surface area (Å²) in [5.41, 5.74) is 2.46. The maximum atomic E-state index is 5.49. The predicted molar refractivity (Wildman–Crippen MR) is 90.5 cm³/mol. The fraction of sp³-hybridized carbons (Fsp3) is 0.647. The van der Waals surface area contributed by atoms with Gasteiger partial charge in [-0.05, 0) is 37.8 Å². The van der Waals surface area contributed by atoms with E-state index in [0.717, 1.165) is 44.4 Å². The van der Waals surface area contributed by atoms with Crippen LogP contribution in [0.1, 0.15) is 39.9 Å². The minimum atomic E-state index is 0.374. The Labute approximate surface area is 141 Å². The van der Waals surface area contributed by atoms with Crippen molar-refractivity contribution in [1.29, 1.82) is 0 Å². The average Bonchev–Trinajstić information content (AvgIpc) is 3.11. The van der Waals surface area contributed by atoms with Gasteiger partial charge in [-0.2, -0.15) is 0 Å². The Kier molecular flexibility index (Phi) is 4.22. The molecule has 1 saturated carbocycles. The molecule has 124 valence electrons. The Balaban J connectivity index is 1.54. The molecule has 0 amide bonds. The first kappa shape index (κ1) is 15.3. The molecule has 0 aromatic carbocycles. The van der Waals surface area contributed by atoms with Crippen LogP contribution in [0.4, 0.5) is 0 Å². The van der Waals surface area contributed by atoms with Crippen molar-refractivity contribution in [2.24, 2.45) is 5.92 Å². The molecule has 0 unspecified atom stereocenters. The van der Waals surface area contributed by atoms with Crippen LogP contribution in [0.25, 0.3) is 0 Å². The molecule has 1 atom stereocenters. The van der Waals surface area contributed by atoms with E-state index in [0.29, 0.717) is 5.92 Å². The third-order valence-corrected chi connectivity index (χ3v) is 5.74. The molecular weight excluding hydrogens is 308 g/mol. The number of aromatic nitrogens is 3. The molecule has 0 spiro atoms. The van der Waals surface area contributed by atoms with Gasteiger partial charge in [0.15, 0.2) is 0 Å². The van der Waals surface area contributed by atoms with Gasteiger partial charge in [-0.25, -0.2) is 4.68 Å². The van der Waals surface area contributed by atoms with Gasteiger partial charge >= 0.3 is 0 Å². The van der Waals surface area contributed by atoms with E-state index in [9.17, 15) is 0 Å². The van der Waals surface area contributed by atoms with Crippen LogP contribution in [-0.2, 0) is 24.4 Å². The molecule has 2 aromatic rings. The fourth-order valence-electron chi connectivity index (χ4n) is 3.51. The zero-order valence-electron chi connectivity index (χ0n) is 13.9. The standard InChI is InChI=1S/C17H24N4OS/c1-12-3-6-15(23-12)9-20-8-14(11-22-2)17-16(10-20)18-19-21(17)7-13-4-5-13/h3,6,13-14H,4-5,7-11H2,1-2H3/t14-/m1/s1. The van der Waals surface area contributed by atoms with Crippen LogP contribution in [0.3, 0.4) is 0 Å². The molecule has 4 rings (SSSR count). The first-order valence-electron chi connectivity index (χ1n) is 8.42. The van der Waals surface area contributed by atoms with E-state index < -0.39 is 0 Å². The normalized spacial score (nSPS) is 21.6. The summed E-state index contributed by atoms with van der Waals surface area (Å²) in [6.07, 6.45) is 2.68. The zero-order chi connectivity index (χ0) is 15.8. The summed E-state index contributed by atoms with van der Waals surface area (Å²) < 4.78 is 7.65. The summed E-state index contributed by atoms with van der Waals surface area (Å²) in [5.74, 6) is 1.19. The number of rotatable bonds is 6. The second-order valence-electron chi connectivity index (χ2n) is 6.88. The summed E-state index contributed by atoms with van der Waals surface area (Å²) >= 11 is 1.89. The third-order valence-electron chi connectivity index (χ3n) is 4.76. The number of nitrogens with zero attached hydrogens (tertiary/aromatic N) is 4. The Bertz CT molecular complexity index is 676. The maximum absolute atomic E-state index is 5.49. The first-order chi connectivity index (χ1) is 11.2. The molecule has 2 aliphatic rings. The molecule has 1 fully saturated rings. The zero-order valence-corrected chi connectivity index (χ0v) is 14.7. The number of hydrogen-bond donors (Lipinski definition) is 0. The van der Waals surface area contributed by atoms with Crippen LogP contribution in [0.5, 0.6) is 0 Å². The molecule has 0 bridgehead atoms. The molecule has 0 radical (unpaired) electrons. The van der Waals surface area contributed by atoms with Crippen LogP contribution < -0.4 is 0 Å². The third kappa shape index (κ3) is 3.34. The van der Waals surface area contributed by atoms with E-state index >= 15 is 0 Å². The predicted octanol–water partition coefficient (Wildman–Crippen LogP) is 2.80. The van der Waals surface area contributed by atoms with Crippen molar-refractivity contribution in [3.8, 4) is 0 Å². The van der Waals surface area contributed by atoms with Gasteiger partial charge in [-0.15, -0.1) is 16.4 Å². The molecule has 1 aliphatic heterocycles. The molecule has 1 aliphatic carbocycles. The molecule has 23 heavy (non-hydrogen) atoms. The number of fused-ring (bicyclic) bond motifs is 1. The van der Waals surface area contributed by atoms with Crippen molar-refractivity contribution in [2.45, 2.75) is 45.3 Å². The summed E-state index contributed by atoms with van der Waals surface area (Å²) in [6.45, 7) is 6.86. The van der Waals surface area contributed by atoms with Crippen molar-refractivity contribution in [1.82, 2.24) is 19.9 Å². The van der Waals surface area contributed by atoms with Gasteiger partial charge < -0.3 is 4.74 Å². The highest BCUT2D eigenvalue weighted by Crippen LogP contribution is 2.34. The highest BCUT2D eigenvalue weighted by molar-refractivity contribution is 7.11. The van der Waals surface area contributed by atoms with Gasteiger partial charge in [-0.1, -0.05) is 5.21 Å². The van der Waals surface area contributed by atoms with E-state index in [1.807, 2.05) is 11.3 Å².